The van der Waals surface area contributed by atoms with Crippen LogP contribution in [0.4, 0.5) is 0 Å². The van der Waals surface area contributed by atoms with E-state index in [4.69, 9.17) is 9.84 Å². The molecule has 0 aliphatic heterocycles. The predicted octanol–water partition coefficient (Wildman–Crippen LogP) is 2.26. The van der Waals surface area contributed by atoms with Crippen LogP contribution in [0.1, 0.15) is 26.2 Å². The highest BCUT2D eigenvalue weighted by atomic mass is 16.5. The summed E-state index contributed by atoms with van der Waals surface area (Å²) >= 11 is 0. The van der Waals surface area contributed by atoms with E-state index < -0.39 is 0 Å². The standard InChI is InChI=1S/C10H18O2/c1-2-3-6-9-12-10-7-4-5-8-11/h2-3,7,10-11H,4-6,8-9H2,1H3. The number of aliphatic hydroxyl groups excluding tert-OH is 1. The second kappa shape index (κ2) is 10.2. The summed E-state index contributed by atoms with van der Waals surface area (Å²) < 4.78 is 5.17. The molecular weight excluding hydrogens is 152 g/mol. The van der Waals surface area contributed by atoms with E-state index >= 15 is 0 Å². The van der Waals surface area contributed by atoms with E-state index in [0.717, 1.165) is 25.9 Å². The molecule has 0 bridgehead atoms. The van der Waals surface area contributed by atoms with Crippen molar-refractivity contribution >= 4 is 0 Å². The SMILES string of the molecule is CC=CCCOC=CCCCO. The van der Waals surface area contributed by atoms with Crippen molar-refractivity contribution in [2.45, 2.75) is 26.2 Å². The summed E-state index contributed by atoms with van der Waals surface area (Å²) in [4.78, 5) is 0. The summed E-state index contributed by atoms with van der Waals surface area (Å²) in [6.45, 7) is 2.99. The van der Waals surface area contributed by atoms with E-state index in [0.29, 0.717) is 0 Å². The molecule has 0 spiro atoms. The largest absolute Gasteiger partial charge is 0.501 e. The van der Waals surface area contributed by atoms with E-state index in [1.807, 2.05) is 19.1 Å². The molecule has 0 saturated carbocycles. The molecule has 0 fully saturated rings. The first-order valence-corrected chi connectivity index (χ1v) is 4.40. The van der Waals surface area contributed by atoms with Crippen molar-refractivity contribution in [3.8, 4) is 0 Å². The van der Waals surface area contributed by atoms with Crippen LogP contribution in [0.5, 0.6) is 0 Å². The zero-order chi connectivity index (χ0) is 9.07. The molecule has 0 atom stereocenters. The lowest BCUT2D eigenvalue weighted by atomic mass is 10.3. The van der Waals surface area contributed by atoms with Crippen LogP contribution in [0.15, 0.2) is 24.5 Å². The maximum Gasteiger partial charge on any atom is 0.0907 e. The number of allylic oxidation sites excluding steroid dienone is 2. The number of hydrogen-bond acceptors (Lipinski definition) is 2. The second-order valence-electron chi connectivity index (χ2n) is 2.47. The molecular formula is C10H18O2. The summed E-state index contributed by atoms with van der Waals surface area (Å²) in [6.07, 6.45) is 10.4. The van der Waals surface area contributed by atoms with E-state index in [1.165, 1.54) is 0 Å². The molecule has 0 radical (unpaired) electrons. The monoisotopic (exact) mass is 170 g/mol. The second-order valence-corrected chi connectivity index (χ2v) is 2.47. The van der Waals surface area contributed by atoms with Crippen LogP contribution in [-0.4, -0.2) is 18.3 Å². The lowest BCUT2D eigenvalue weighted by Crippen LogP contribution is -1.84. The predicted molar refractivity (Wildman–Crippen MR) is 50.8 cm³/mol. The first-order chi connectivity index (χ1) is 5.91. The maximum absolute atomic E-state index is 8.46. The molecule has 70 valence electrons. The van der Waals surface area contributed by atoms with Gasteiger partial charge < -0.3 is 9.84 Å². The molecule has 0 saturated heterocycles. The minimum absolute atomic E-state index is 0.253. The number of rotatable bonds is 7. The number of ether oxygens (including phenoxy) is 1. The molecule has 0 aromatic heterocycles. The molecule has 0 aliphatic rings. The summed E-state index contributed by atoms with van der Waals surface area (Å²) in [7, 11) is 0. The Labute approximate surface area is 74.6 Å². The Morgan fingerprint density at radius 2 is 2.08 bits per heavy atom. The zero-order valence-corrected chi connectivity index (χ0v) is 7.70. The van der Waals surface area contributed by atoms with Crippen molar-refractivity contribution in [2.75, 3.05) is 13.2 Å². The van der Waals surface area contributed by atoms with Crippen LogP contribution < -0.4 is 0 Å². The van der Waals surface area contributed by atoms with Gasteiger partial charge in [-0.05, 0) is 32.3 Å². The fraction of sp³-hybridized carbons (Fsp3) is 0.600. The Balaban J connectivity index is 3.02. The Morgan fingerprint density at radius 1 is 1.25 bits per heavy atom. The molecule has 2 nitrogen and oxygen atoms in total. The summed E-state index contributed by atoms with van der Waals surface area (Å²) in [5, 5.41) is 8.46. The van der Waals surface area contributed by atoms with Crippen molar-refractivity contribution in [2.24, 2.45) is 0 Å². The van der Waals surface area contributed by atoms with Crippen LogP contribution in [0, 0.1) is 0 Å². The molecule has 2 heteroatoms. The first kappa shape index (κ1) is 11.2. The van der Waals surface area contributed by atoms with E-state index in [-0.39, 0.29) is 6.61 Å². The van der Waals surface area contributed by atoms with Crippen LogP contribution in [0.2, 0.25) is 0 Å². The minimum atomic E-state index is 0.253. The van der Waals surface area contributed by atoms with E-state index in [9.17, 15) is 0 Å². The molecule has 0 unspecified atom stereocenters. The zero-order valence-electron chi connectivity index (χ0n) is 7.70. The highest BCUT2D eigenvalue weighted by Gasteiger charge is 1.80. The van der Waals surface area contributed by atoms with Gasteiger partial charge in [0.15, 0.2) is 0 Å². The molecule has 1 N–H and O–H groups in total. The molecule has 0 heterocycles. The van der Waals surface area contributed by atoms with Gasteiger partial charge in [0.05, 0.1) is 12.9 Å². The summed E-state index contributed by atoms with van der Waals surface area (Å²) in [5.41, 5.74) is 0. The summed E-state index contributed by atoms with van der Waals surface area (Å²) in [5.74, 6) is 0. The Morgan fingerprint density at radius 3 is 2.75 bits per heavy atom. The molecule has 12 heavy (non-hydrogen) atoms. The van der Waals surface area contributed by atoms with Crippen LogP contribution in [0.3, 0.4) is 0 Å². The Bertz CT molecular complexity index is 128. The van der Waals surface area contributed by atoms with Gasteiger partial charge in [0.1, 0.15) is 0 Å². The molecule has 0 aliphatic carbocycles. The van der Waals surface area contributed by atoms with Gasteiger partial charge >= 0.3 is 0 Å². The van der Waals surface area contributed by atoms with Gasteiger partial charge in [0.25, 0.3) is 0 Å². The third kappa shape index (κ3) is 9.24. The van der Waals surface area contributed by atoms with Crippen LogP contribution in [-0.2, 0) is 4.74 Å². The lowest BCUT2D eigenvalue weighted by Gasteiger charge is -1.95. The molecule has 0 rings (SSSR count). The van der Waals surface area contributed by atoms with Gasteiger partial charge in [-0.15, -0.1) is 0 Å². The third-order valence-corrected chi connectivity index (χ3v) is 1.36. The minimum Gasteiger partial charge on any atom is -0.501 e. The van der Waals surface area contributed by atoms with Crippen molar-refractivity contribution in [1.82, 2.24) is 0 Å². The normalized spacial score (nSPS) is 11.5. The van der Waals surface area contributed by atoms with Crippen molar-refractivity contribution in [3.63, 3.8) is 0 Å². The van der Waals surface area contributed by atoms with Gasteiger partial charge in [-0.2, -0.15) is 0 Å². The molecule has 0 aromatic rings. The highest BCUT2D eigenvalue weighted by Crippen LogP contribution is 1.91. The fourth-order valence-electron chi connectivity index (χ4n) is 0.716. The lowest BCUT2D eigenvalue weighted by molar-refractivity contribution is 0.253. The van der Waals surface area contributed by atoms with Gasteiger partial charge in [-0.3, -0.25) is 0 Å². The summed E-state index contributed by atoms with van der Waals surface area (Å²) in [6, 6.07) is 0. The van der Waals surface area contributed by atoms with Crippen molar-refractivity contribution in [1.29, 1.82) is 0 Å². The molecule has 0 amide bonds. The number of unbranched alkanes of at least 4 members (excludes halogenated alkanes) is 1. The average molecular weight is 170 g/mol. The van der Waals surface area contributed by atoms with Crippen molar-refractivity contribution in [3.05, 3.63) is 24.5 Å². The van der Waals surface area contributed by atoms with Crippen LogP contribution in [0.25, 0.3) is 0 Å². The maximum atomic E-state index is 8.46. The average Bonchev–Trinajstić information content (AvgIpc) is 2.10. The quantitative estimate of drug-likeness (QED) is 0.361. The number of hydrogen-bond donors (Lipinski definition) is 1. The van der Waals surface area contributed by atoms with Gasteiger partial charge in [0.2, 0.25) is 0 Å². The Hall–Kier alpha value is -0.760. The van der Waals surface area contributed by atoms with E-state index in [1.54, 1.807) is 6.26 Å². The first-order valence-electron chi connectivity index (χ1n) is 4.40. The van der Waals surface area contributed by atoms with Gasteiger partial charge in [-0.1, -0.05) is 12.2 Å². The van der Waals surface area contributed by atoms with Crippen molar-refractivity contribution < 1.29 is 9.84 Å². The third-order valence-electron chi connectivity index (χ3n) is 1.36. The van der Waals surface area contributed by atoms with Crippen LogP contribution >= 0.6 is 0 Å². The topological polar surface area (TPSA) is 29.5 Å². The molecule has 0 aromatic carbocycles. The van der Waals surface area contributed by atoms with Gasteiger partial charge in [0, 0.05) is 6.61 Å². The fourth-order valence-corrected chi connectivity index (χ4v) is 0.716. The highest BCUT2D eigenvalue weighted by molar-refractivity contribution is 4.77. The smallest absolute Gasteiger partial charge is 0.0907 e. The van der Waals surface area contributed by atoms with Gasteiger partial charge in [-0.25, -0.2) is 0 Å². The Kier molecular flexibility index (Phi) is 9.59. The van der Waals surface area contributed by atoms with E-state index in [2.05, 4.69) is 6.08 Å². The number of aliphatic hydroxyl groups is 1.